The average Bonchev–Trinajstić information content (AvgIpc) is 3.10. The number of amides is 3. The lowest BCUT2D eigenvalue weighted by Gasteiger charge is -2.35. The van der Waals surface area contributed by atoms with Crippen LogP contribution in [0.1, 0.15) is 12.8 Å². The maximum absolute atomic E-state index is 12.3. The molecule has 3 amide bonds. The number of nitrogens with zero attached hydrogens (tertiary/aromatic N) is 3. The molecule has 130 valence electrons. The van der Waals surface area contributed by atoms with Crippen LogP contribution in [0.5, 0.6) is 0 Å². The molecule has 0 spiro atoms. The van der Waals surface area contributed by atoms with Crippen molar-refractivity contribution in [1.29, 1.82) is 0 Å². The third-order valence-corrected chi connectivity index (χ3v) is 4.79. The molecule has 1 N–H and O–H groups in total. The first-order chi connectivity index (χ1) is 11.6. The summed E-state index contributed by atoms with van der Waals surface area (Å²) in [4.78, 5) is 30.3. The van der Waals surface area contributed by atoms with Crippen molar-refractivity contribution in [3.8, 4) is 0 Å². The Hall–Kier alpha value is -1.79. The maximum Gasteiger partial charge on any atom is 0.321 e. The molecule has 0 radical (unpaired) electrons. The van der Waals surface area contributed by atoms with Crippen LogP contribution < -0.4 is 5.32 Å². The molecule has 2 aliphatic heterocycles. The summed E-state index contributed by atoms with van der Waals surface area (Å²) in [6.07, 6.45) is 2.23. The van der Waals surface area contributed by atoms with Gasteiger partial charge in [-0.1, -0.05) is 17.7 Å². The number of benzene rings is 1. The molecule has 0 aliphatic carbocycles. The van der Waals surface area contributed by atoms with Gasteiger partial charge in [0.2, 0.25) is 5.91 Å². The molecule has 6 nitrogen and oxygen atoms in total. The van der Waals surface area contributed by atoms with Gasteiger partial charge in [-0.3, -0.25) is 9.69 Å². The lowest BCUT2D eigenvalue weighted by Crippen LogP contribution is -2.52. The summed E-state index contributed by atoms with van der Waals surface area (Å²) in [5.41, 5.74) is 0.694. The third-order valence-electron chi connectivity index (χ3n) is 4.55. The Balaban J connectivity index is 1.44. The Morgan fingerprint density at radius 2 is 1.71 bits per heavy atom. The zero-order valence-electron chi connectivity index (χ0n) is 13.7. The van der Waals surface area contributed by atoms with Crippen molar-refractivity contribution < 1.29 is 9.59 Å². The first kappa shape index (κ1) is 17.0. The normalized spacial score (nSPS) is 18.7. The molecule has 7 heteroatoms. The molecule has 2 aliphatic rings. The Morgan fingerprint density at radius 1 is 1.00 bits per heavy atom. The third kappa shape index (κ3) is 4.39. The number of piperazine rings is 1. The van der Waals surface area contributed by atoms with Crippen LogP contribution in [0.2, 0.25) is 5.02 Å². The van der Waals surface area contributed by atoms with Crippen LogP contribution in [0, 0.1) is 0 Å². The van der Waals surface area contributed by atoms with E-state index in [1.165, 1.54) is 0 Å². The number of hydrogen-bond acceptors (Lipinski definition) is 3. The molecule has 2 fully saturated rings. The van der Waals surface area contributed by atoms with Crippen molar-refractivity contribution >= 4 is 29.2 Å². The molecule has 0 aromatic heterocycles. The minimum absolute atomic E-state index is 0.122. The van der Waals surface area contributed by atoms with Gasteiger partial charge in [0.25, 0.3) is 0 Å². The van der Waals surface area contributed by atoms with Crippen molar-refractivity contribution in [2.24, 2.45) is 0 Å². The van der Waals surface area contributed by atoms with E-state index >= 15 is 0 Å². The van der Waals surface area contributed by atoms with E-state index in [0.717, 1.165) is 39.0 Å². The topological polar surface area (TPSA) is 55.9 Å². The van der Waals surface area contributed by atoms with Gasteiger partial charge in [-0.15, -0.1) is 0 Å². The molecule has 1 aromatic rings. The van der Waals surface area contributed by atoms with E-state index in [-0.39, 0.29) is 11.9 Å². The summed E-state index contributed by atoms with van der Waals surface area (Å²) >= 11 is 5.93. The molecule has 0 saturated carbocycles. The van der Waals surface area contributed by atoms with Gasteiger partial charge in [0.1, 0.15) is 0 Å². The number of urea groups is 1. The lowest BCUT2D eigenvalue weighted by molar-refractivity contribution is -0.131. The minimum Gasteiger partial charge on any atom is -0.342 e. The van der Waals surface area contributed by atoms with Crippen LogP contribution in [-0.2, 0) is 4.79 Å². The van der Waals surface area contributed by atoms with Gasteiger partial charge in [-0.2, -0.15) is 0 Å². The summed E-state index contributed by atoms with van der Waals surface area (Å²) < 4.78 is 0. The molecule has 2 saturated heterocycles. The molecule has 2 heterocycles. The molecular weight excluding hydrogens is 328 g/mol. The smallest absolute Gasteiger partial charge is 0.321 e. The number of carbonyl (C=O) groups is 2. The summed E-state index contributed by atoms with van der Waals surface area (Å²) in [6.45, 7) is 4.94. The maximum atomic E-state index is 12.3. The highest BCUT2D eigenvalue weighted by Gasteiger charge is 2.25. The molecule has 3 rings (SSSR count). The standard InChI is InChI=1S/C17H23ClN4O2/c18-14-4-3-5-15(12-14)19-17(24)22-10-8-20(9-11-22)13-16(23)21-6-1-2-7-21/h3-5,12H,1-2,6-11,13H2,(H,19,24). The second-order valence-corrected chi connectivity index (χ2v) is 6.73. The van der Waals surface area contributed by atoms with E-state index in [4.69, 9.17) is 11.6 Å². The lowest BCUT2D eigenvalue weighted by atomic mass is 10.3. The van der Waals surface area contributed by atoms with Crippen LogP contribution in [-0.4, -0.2) is 72.5 Å². The first-order valence-corrected chi connectivity index (χ1v) is 8.81. The zero-order valence-corrected chi connectivity index (χ0v) is 14.5. The monoisotopic (exact) mass is 350 g/mol. The Kier molecular flexibility index (Phi) is 5.58. The largest absolute Gasteiger partial charge is 0.342 e. The zero-order chi connectivity index (χ0) is 16.9. The Labute approximate surface area is 147 Å². The highest BCUT2D eigenvalue weighted by molar-refractivity contribution is 6.30. The summed E-state index contributed by atoms with van der Waals surface area (Å²) in [7, 11) is 0. The fourth-order valence-electron chi connectivity index (χ4n) is 3.14. The molecule has 1 aromatic carbocycles. The molecule has 0 atom stereocenters. The van der Waals surface area contributed by atoms with Crippen molar-refractivity contribution in [2.75, 3.05) is 51.1 Å². The van der Waals surface area contributed by atoms with E-state index in [0.29, 0.717) is 30.3 Å². The number of halogens is 1. The summed E-state index contributed by atoms with van der Waals surface area (Å²) in [5, 5.41) is 3.46. The van der Waals surface area contributed by atoms with Gasteiger partial charge < -0.3 is 15.1 Å². The fourth-order valence-corrected chi connectivity index (χ4v) is 3.33. The van der Waals surface area contributed by atoms with Crippen LogP contribution >= 0.6 is 11.6 Å². The van der Waals surface area contributed by atoms with E-state index in [1.807, 2.05) is 11.0 Å². The number of anilines is 1. The van der Waals surface area contributed by atoms with Gasteiger partial charge >= 0.3 is 6.03 Å². The predicted molar refractivity (Wildman–Crippen MR) is 94.3 cm³/mol. The van der Waals surface area contributed by atoms with Crippen molar-refractivity contribution in [1.82, 2.24) is 14.7 Å². The molecular formula is C17H23ClN4O2. The van der Waals surface area contributed by atoms with Gasteiger partial charge in [0.15, 0.2) is 0 Å². The fraction of sp³-hybridized carbons (Fsp3) is 0.529. The highest BCUT2D eigenvalue weighted by Crippen LogP contribution is 2.16. The van der Waals surface area contributed by atoms with E-state index in [9.17, 15) is 9.59 Å². The van der Waals surface area contributed by atoms with Crippen molar-refractivity contribution in [3.63, 3.8) is 0 Å². The SMILES string of the molecule is O=C(CN1CCN(C(=O)Nc2cccc(Cl)c2)CC1)N1CCCC1. The van der Waals surface area contributed by atoms with Crippen LogP contribution in [0.15, 0.2) is 24.3 Å². The van der Waals surface area contributed by atoms with Crippen molar-refractivity contribution in [3.05, 3.63) is 29.3 Å². The Bertz CT molecular complexity index is 596. The van der Waals surface area contributed by atoms with Crippen LogP contribution in [0.25, 0.3) is 0 Å². The number of rotatable bonds is 3. The second kappa shape index (κ2) is 7.85. The van der Waals surface area contributed by atoms with Gasteiger partial charge in [-0.05, 0) is 31.0 Å². The van der Waals surface area contributed by atoms with Crippen LogP contribution in [0.3, 0.4) is 0 Å². The highest BCUT2D eigenvalue weighted by atomic mass is 35.5. The predicted octanol–water partition coefficient (Wildman–Crippen LogP) is 2.11. The molecule has 0 unspecified atom stereocenters. The minimum atomic E-state index is -0.122. The summed E-state index contributed by atoms with van der Waals surface area (Å²) in [5.74, 6) is 0.212. The number of hydrogen-bond donors (Lipinski definition) is 1. The number of nitrogens with one attached hydrogen (secondary N) is 1. The van der Waals surface area contributed by atoms with Crippen molar-refractivity contribution in [2.45, 2.75) is 12.8 Å². The van der Waals surface area contributed by atoms with Gasteiger partial charge in [0.05, 0.1) is 6.54 Å². The molecule has 0 bridgehead atoms. The first-order valence-electron chi connectivity index (χ1n) is 8.43. The second-order valence-electron chi connectivity index (χ2n) is 6.29. The average molecular weight is 351 g/mol. The van der Waals surface area contributed by atoms with E-state index in [1.54, 1.807) is 23.1 Å². The number of likely N-dealkylation sites (tertiary alicyclic amines) is 1. The number of carbonyl (C=O) groups excluding carboxylic acids is 2. The summed E-state index contributed by atoms with van der Waals surface area (Å²) in [6, 6.07) is 7.00. The van der Waals surface area contributed by atoms with Gasteiger partial charge in [-0.25, -0.2) is 4.79 Å². The van der Waals surface area contributed by atoms with Crippen LogP contribution in [0.4, 0.5) is 10.5 Å². The van der Waals surface area contributed by atoms with Gasteiger partial charge in [0, 0.05) is 50.0 Å². The quantitative estimate of drug-likeness (QED) is 0.908. The molecule has 24 heavy (non-hydrogen) atoms. The Morgan fingerprint density at radius 3 is 2.38 bits per heavy atom. The van der Waals surface area contributed by atoms with E-state index in [2.05, 4.69) is 10.2 Å². The van der Waals surface area contributed by atoms with E-state index < -0.39 is 0 Å².